The molecular formula is C22H30N6O2S2. The first kappa shape index (κ1) is 23.0. The quantitative estimate of drug-likeness (QED) is 0.618. The summed E-state index contributed by atoms with van der Waals surface area (Å²) in [7, 11) is 0. The maximum absolute atomic E-state index is 12.6. The number of piperazine rings is 1. The van der Waals surface area contributed by atoms with Gasteiger partial charge in [0.15, 0.2) is 4.34 Å². The van der Waals surface area contributed by atoms with Crippen molar-refractivity contribution in [2.24, 2.45) is 0 Å². The lowest BCUT2D eigenvalue weighted by Crippen LogP contribution is -2.51. The van der Waals surface area contributed by atoms with Gasteiger partial charge in [-0.15, -0.1) is 10.2 Å². The van der Waals surface area contributed by atoms with E-state index in [-0.39, 0.29) is 11.8 Å². The summed E-state index contributed by atoms with van der Waals surface area (Å²) in [5, 5.41) is 12.5. The number of hydrogen-bond donors (Lipinski definition) is 1. The smallest absolute Gasteiger partial charge is 0.236 e. The molecule has 0 unspecified atom stereocenters. The van der Waals surface area contributed by atoms with Gasteiger partial charge in [-0.1, -0.05) is 35.2 Å². The Morgan fingerprint density at radius 3 is 2.47 bits per heavy atom. The van der Waals surface area contributed by atoms with Crippen LogP contribution in [-0.2, 0) is 9.59 Å². The fraction of sp³-hybridized carbons (Fsp3) is 0.545. The molecule has 2 aromatic rings. The molecule has 3 heterocycles. The highest BCUT2D eigenvalue weighted by Gasteiger charge is 2.25. The molecule has 2 aliphatic heterocycles. The molecule has 8 nitrogen and oxygen atoms in total. The number of amides is 2. The van der Waals surface area contributed by atoms with E-state index in [9.17, 15) is 9.59 Å². The molecule has 1 N–H and O–H groups in total. The third-order valence-corrected chi connectivity index (χ3v) is 8.07. The first-order chi connectivity index (χ1) is 15.5. The number of nitrogens with one attached hydrogen (secondary N) is 1. The lowest BCUT2D eigenvalue weighted by Gasteiger charge is -2.35. The van der Waals surface area contributed by atoms with E-state index in [0.29, 0.717) is 25.4 Å². The number of thioether (sulfide) groups is 1. The largest absolute Gasteiger partial charge is 0.342 e. The number of rotatable bonds is 7. The highest BCUT2D eigenvalue weighted by Crippen LogP contribution is 2.29. The van der Waals surface area contributed by atoms with Crippen molar-refractivity contribution in [1.82, 2.24) is 24.9 Å². The van der Waals surface area contributed by atoms with Gasteiger partial charge in [-0.05, 0) is 43.9 Å². The molecule has 32 heavy (non-hydrogen) atoms. The third-order valence-electron chi connectivity index (χ3n) is 6.11. The van der Waals surface area contributed by atoms with E-state index in [0.717, 1.165) is 54.2 Å². The van der Waals surface area contributed by atoms with E-state index in [1.165, 1.54) is 34.2 Å². The number of hydrogen-bond acceptors (Lipinski definition) is 8. The average molecular weight is 475 g/mol. The molecule has 2 saturated heterocycles. The van der Waals surface area contributed by atoms with Crippen LogP contribution in [0.25, 0.3) is 0 Å². The predicted molar refractivity (Wildman–Crippen MR) is 129 cm³/mol. The SMILES string of the molecule is Cc1cccc(Nc2nnc(SCC(=O)N3CCN(CC(=O)N4CCCC4)CC3)s2)c1C. The van der Waals surface area contributed by atoms with E-state index in [1.54, 1.807) is 0 Å². The van der Waals surface area contributed by atoms with Crippen molar-refractivity contribution >= 4 is 45.7 Å². The minimum absolute atomic E-state index is 0.111. The summed E-state index contributed by atoms with van der Waals surface area (Å²) in [5.74, 6) is 0.685. The number of aryl methyl sites for hydroxylation is 1. The molecule has 0 radical (unpaired) electrons. The minimum atomic E-state index is 0.111. The second kappa shape index (κ2) is 10.6. The van der Waals surface area contributed by atoms with Crippen LogP contribution in [0.5, 0.6) is 0 Å². The molecule has 0 spiro atoms. The zero-order chi connectivity index (χ0) is 22.5. The van der Waals surface area contributed by atoms with Crippen molar-refractivity contribution in [2.75, 3.05) is 56.9 Å². The number of carbonyl (C=O) groups excluding carboxylic acids is 2. The highest BCUT2D eigenvalue weighted by molar-refractivity contribution is 8.01. The average Bonchev–Trinajstić information content (AvgIpc) is 3.48. The van der Waals surface area contributed by atoms with Crippen LogP contribution in [-0.4, -0.2) is 88.3 Å². The van der Waals surface area contributed by atoms with Gasteiger partial charge in [0.05, 0.1) is 12.3 Å². The Morgan fingerprint density at radius 1 is 1.00 bits per heavy atom. The molecule has 2 amide bonds. The summed E-state index contributed by atoms with van der Waals surface area (Å²) in [4.78, 5) is 31.0. The molecule has 4 rings (SSSR count). The van der Waals surface area contributed by atoms with Gasteiger partial charge in [0, 0.05) is 45.0 Å². The zero-order valence-electron chi connectivity index (χ0n) is 18.7. The van der Waals surface area contributed by atoms with Crippen LogP contribution in [0.2, 0.25) is 0 Å². The molecule has 10 heteroatoms. The van der Waals surface area contributed by atoms with Crippen molar-refractivity contribution in [1.29, 1.82) is 0 Å². The van der Waals surface area contributed by atoms with Crippen LogP contribution in [0.3, 0.4) is 0 Å². The number of anilines is 2. The van der Waals surface area contributed by atoms with E-state index in [4.69, 9.17) is 0 Å². The van der Waals surface area contributed by atoms with Crippen LogP contribution < -0.4 is 5.32 Å². The van der Waals surface area contributed by atoms with Crippen molar-refractivity contribution in [3.8, 4) is 0 Å². The van der Waals surface area contributed by atoms with Crippen LogP contribution in [0.15, 0.2) is 22.5 Å². The topological polar surface area (TPSA) is 81.7 Å². The van der Waals surface area contributed by atoms with Crippen LogP contribution in [0.1, 0.15) is 24.0 Å². The first-order valence-electron chi connectivity index (χ1n) is 11.1. The van der Waals surface area contributed by atoms with E-state index in [2.05, 4.69) is 40.3 Å². The summed E-state index contributed by atoms with van der Waals surface area (Å²) in [5.41, 5.74) is 3.43. The van der Waals surface area contributed by atoms with Gasteiger partial charge in [0.1, 0.15) is 0 Å². The number of benzene rings is 1. The van der Waals surface area contributed by atoms with Crippen molar-refractivity contribution in [3.05, 3.63) is 29.3 Å². The van der Waals surface area contributed by atoms with Gasteiger partial charge in [0.25, 0.3) is 0 Å². The standard InChI is InChI=1S/C22H30N6O2S2/c1-16-6-5-7-18(17(16)2)23-21-24-25-22(32-21)31-15-20(30)28-12-10-26(11-13-28)14-19(29)27-8-3-4-9-27/h5-7H,3-4,8-15H2,1-2H3,(H,23,24). The van der Waals surface area contributed by atoms with Gasteiger partial charge in [-0.25, -0.2) is 0 Å². The molecule has 2 aliphatic rings. The number of aromatic nitrogens is 2. The molecular weight excluding hydrogens is 444 g/mol. The molecule has 1 aromatic heterocycles. The van der Waals surface area contributed by atoms with Crippen LogP contribution in [0, 0.1) is 13.8 Å². The minimum Gasteiger partial charge on any atom is -0.342 e. The molecule has 1 aromatic carbocycles. The van der Waals surface area contributed by atoms with Gasteiger partial charge in [0.2, 0.25) is 16.9 Å². The Hall–Kier alpha value is -2.17. The Kier molecular flexibility index (Phi) is 7.64. The zero-order valence-corrected chi connectivity index (χ0v) is 20.3. The Balaban J connectivity index is 1.20. The first-order valence-corrected chi connectivity index (χ1v) is 12.9. The van der Waals surface area contributed by atoms with Gasteiger partial charge < -0.3 is 15.1 Å². The van der Waals surface area contributed by atoms with Gasteiger partial charge in [-0.3, -0.25) is 14.5 Å². The molecule has 0 aliphatic carbocycles. The molecule has 2 fully saturated rings. The predicted octanol–water partition coefficient (Wildman–Crippen LogP) is 2.76. The number of carbonyl (C=O) groups is 2. The van der Waals surface area contributed by atoms with Gasteiger partial charge >= 0.3 is 0 Å². The summed E-state index contributed by atoms with van der Waals surface area (Å²) in [6.07, 6.45) is 2.23. The van der Waals surface area contributed by atoms with E-state index >= 15 is 0 Å². The van der Waals surface area contributed by atoms with E-state index in [1.807, 2.05) is 21.9 Å². The molecule has 0 bridgehead atoms. The summed E-state index contributed by atoms with van der Waals surface area (Å²) >= 11 is 2.89. The summed E-state index contributed by atoms with van der Waals surface area (Å²) in [6.45, 7) is 9.25. The lowest BCUT2D eigenvalue weighted by molar-refractivity contribution is -0.133. The maximum Gasteiger partial charge on any atom is 0.236 e. The fourth-order valence-electron chi connectivity index (χ4n) is 3.95. The normalized spacial score (nSPS) is 17.1. The van der Waals surface area contributed by atoms with Crippen molar-refractivity contribution < 1.29 is 9.59 Å². The Bertz CT molecular complexity index is 952. The monoisotopic (exact) mass is 474 g/mol. The second-order valence-corrected chi connectivity index (χ2v) is 10.5. The van der Waals surface area contributed by atoms with Crippen LogP contribution >= 0.6 is 23.1 Å². The van der Waals surface area contributed by atoms with E-state index < -0.39 is 0 Å². The number of nitrogens with zero attached hydrogens (tertiary/aromatic N) is 5. The molecule has 172 valence electrons. The van der Waals surface area contributed by atoms with Gasteiger partial charge in [-0.2, -0.15) is 0 Å². The molecule has 0 saturated carbocycles. The fourth-order valence-corrected chi connectivity index (χ4v) is 5.62. The Labute approximate surface area is 197 Å². The molecule has 0 atom stereocenters. The lowest BCUT2D eigenvalue weighted by atomic mass is 10.1. The van der Waals surface area contributed by atoms with Crippen molar-refractivity contribution in [2.45, 2.75) is 31.0 Å². The third kappa shape index (κ3) is 5.79. The highest BCUT2D eigenvalue weighted by atomic mass is 32.2. The summed E-state index contributed by atoms with van der Waals surface area (Å²) < 4.78 is 0.779. The summed E-state index contributed by atoms with van der Waals surface area (Å²) in [6, 6.07) is 6.12. The van der Waals surface area contributed by atoms with Crippen molar-refractivity contribution in [3.63, 3.8) is 0 Å². The Morgan fingerprint density at radius 2 is 1.72 bits per heavy atom. The second-order valence-electron chi connectivity index (χ2n) is 8.28. The number of likely N-dealkylation sites (tertiary alicyclic amines) is 1. The maximum atomic E-state index is 12.6. The van der Waals surface area contributed by atoms with Crippen LogP contribution in [0.4, 0.5) is 10.8 Å².